The number of hydrogen-bond acceptors (Lipinski definition) is 10. The average molecular weight is 644 g/mol. The molecule has 0 spiro atoms. The summed E-state index contributed by atoms with van der Waals surface area (Å²) in [7, 11) is 1.50. The minimum absolute atomic E-state index is 0.0207. The maximum atomic E-state index is 14.1. The van der Waals surface area contributed by atoms with E-state index in [9.17, 15) is 19.7 Å². The van der Waals surface area contributed by atoms with Gasteiger partial charge in [0, 0.05) is 17.7 Å². The number of fused-ring (bicyclic) bond motifs is 1. The number of carbonyl (C=O) groups excluding carboxylic acids is 1. The summed E-state index contributed by atoms with van der Waals surface area (Å²) >= 11 is 1.21. The van der Waals surface area contributed by atoms with Crippen molar-refractivity contribution in [2.24, 2.45) is 4.99 Å². The highest BCUT2D eigenvalue weighted by atomic mass is 32.1. The summed E-state index contributed by atoms with van der Waals surface area (Å²) < 4.78 is 24.9. The number of carbonyl (C=O) groups is 1. The molecule has 11 nitrogen and oxygen atoms in total. The van der Waals surface area contributed by atoms with E-state index in [4.69, 9.17) is 18.9 Å². The highest BCUT2D eigenvalue weighted by Crippen LogP contribution is 2.36. The van der Waals surface area contributed by atoms with Gasteiger partial charge in [0.2, 0.25) is 0 Å². The van der Waals surface area contributed by atoms with Crippen LogP contribution in [0.1, 0.15) is 50.4 Å². The Labute approximate surface area is 268 Å². The van der Waals surface area contributed by atoms with E-state index < -0.39 is 16.9 Å². The number of thiazole rings is 1. The summed E-state index contributed by atoms with van der Waals surface area (Å²) in [5.74, 6) is 0.862. The molecule has 12 heteroatoms. The molecule has 46 heavy (non-hydrogen) atoms. The van der Waals surface area contributed by atoms with Gasteiger partial charge < -0.3 is 18.9 Å². The summed E-state index contributed by atoms with van der Waals surface area (Å²) in [6.07, 6.45) is 1.59. The van der Waals surface area contributed by atoms with E-state index >= 15 is 0 Å². The molecule has 1 atom stereocenters. The number of methoxy groups -OCH3 is 1. The number of aromatic nitrogens is 1. The third kappa shape index (κ3) is 6.71. The van der Waals surface area contributed by atoms with E-state index in [-0.39, 0.29) is 36.1 Å². The molecule has 1 aromatic heterocycles. The van der Waals surface area contributed by atoms with Gasteiger partial charge in [0.15, 0.2) is 16.3 Å². The minimum atomic E-state index is -0.813. The second-order valence-electron chi connectivity index (χ2n) is 10.6. The first-order valence-electron chi connectivity index (χ1n) is 14.6. The molecule has 1 aliphatic heterocycles. The number of esters is 1. The van der Waals surface area contributed by atoms with E-state index in [2.05, 4.69) is 4.99 Å². The number of para-hydroxylation sites is 1. The molecule has 0 saturated carbocycles. The Bertz CT molecular complexity index is 2010. The second kappa shape index (κ2) is 13.8. The fourth-order valence-electron chi connectivity index (χ4n) is 5.12. The standard InChI is InChI=1S/C34H33N3O8S/c1-6-43-33(39)30-21(4)35-34-36(31(30)25-12-7-8-13-26(25)45-20(2)3)32(38)29(46-34)18-22-14-15-27(28(17-22)42-5)44-19-23-10-9-11-24(16-23)37(40)41/h7-18,20,31H,6,19H2,1-5H3/b29-18+/t31-/m1/s1. The summed E-state index contributed by atoms with van der Waals surface area (Å²) in [5.41, 5.74) is 2.34. The van der Waals surface area contributed by atoms with Crippen molar-refractivity contribution in [3.05, 3.63) is 124 Å². The van der Waals surface area contributed by atoms with Crippen molar-refractivity contribution in [3.63, 3.8) is 0 Å². The Morgan fingerprint density at radius 2 is 1.87 bits per heavy atom. The largest absolute Gasteiger partial charge is 0.493 e. The monoisotopic (exact) mass is 643 g/mol. The molecule has 5 rings (SSSR count). The fraction of sp³-hybridized carbons (Fsp3) is 0.265. The van der Waals surface area contributed by atoms with Crippen molar-refractivity contribution in [1.82, 2.24) is 4.57 Å². The Kier molecular flexibility index (Phi) is 9.67. The molecule has 0 fully saturated rings. The third-order valence-electron chi connectivity index (χ3n) is 7.09. The molecule has 0 unspecified atom stereocenters. The molecule has 0 amide bonds. The van der Waals surface area contributed by atoms with Crippen LogP contribution in [0.4, 0.5) is 5.69 Å². The number of ether oxygens (including phenoxy) is 4. The Balaban J connectivity index is 1.55. The van der Waals surface area contributed by atoms with E-state index in [1.54, 1.807) is 50.3 Å². The van der Waals surface area contributed by atoms with Crippen molar-refractivity contribution in [2.75, 3.05) is 13.7 Å². The first-order chi connectivity index (χ1) is 22.1. The Morgan fingerprint density at radius 3 is 2.59 bits per heavy atom. The van der Waals surface area contributed by atoms with Crippen LogP contribution < -0.4 is 29.1 Å². The smallest absolute Gasteiger partial charge is 0.338 e. The summed E-state index contributed by atoms with van der Waals surface area (Å²) in [6, 6.07) is 18.0. The maximum Gasteiger partial charge on any atom is 0.338 e. The molecule has 0 saturated heterocycles. The molecule has 0 N–H and O–H groups in total. The zero-order valence-corrected chi connectivity index (χ0v) is 26.8. The number of allylic oxidation sites excluding steroid dienone is 1. The van der Waals surface area contributed by atoms with Gasteiger partial charge in [-0.05, 0) is 63.1 Å². The first-order valence-corrected chi connectivity index (χ1v) is 15.4. The lowest BCUT2D eigenvalue weighted by atomic mass is 9.95. The SMILES string of the molecule is CCOC(=O)C1=C(C)N=c2s/c(=C/c3ccc(OCc4cccc([N+](=O)[O-])c4)c(OC)c3)c(=O)n2[C@@H]1c1ccccc1OC(C)C. The molecule has 3 aromatic carbocycles. The predicted molar refractivity (Wildman–Crippen MR) is 173 cm³/mol. The molecule has 4 aromatic rings. The van der Waals surface area contributed by atoms with E-state index in [1.807, 2.05) is 38.1 Å². The van der Waals surface area contributed by atoms with Crippen molar-refractivity contribution < 1.29 is 28.7 Å². The zero-order chi connectivity index (χ0) is 33.0. The summed E-state index contributed by atoms with van der Waals surface area (Å²) in [6.45, 7) is 7.55. The molecular weight excluding hydrogens is 610 g/mol. The van der Waals surface area contributed by atoms with Gasteiger partial charge in [-0.1, -0.05) is 47.7 Å². The molecular formula is C34H33N3O8S. The lowest BCUT2D eigenvalue weighted by Crippen LogP contribution is -2.40. The van der Waals surface area contributed by atoms with Gasteiger partial charge in [-0.2, -0.15) is 0 Å². The van der Waals surface area contributed by atoms with E-state index in [1.165, 1.54) is 35.1 Å². The van der Waals surface area contributed by atoms with Crippen LogP contribution in [-0.2, 0) is 16.1 Å². The van der Waals surface area contributed by atoms with Crippen LogP contribution in [0, 0.1) is 10.1 Å². The highest BCUT2D eigenvalue weighted by Gasteiger charge is 2.35. The molecule has 0 radical (unpaired) electrons. The summed E-state index contributed by atoms with van der Waals surface area (Å²) in [5, 5.41) is 11.1. The molecule has 0 aliphatic carbocycles. The van der Waals surface area contributed by atoms with Crippen molar-refractivity contribution in [1.29, 1.82) is 0 Å². The van der Waals surface area contributed by atoms with Gasteiger partial charge in [-0.15, -0.1) is 0 Å². The first kappa shape index (κ1) is 32.2. The van der Waals surface area contributed by atoms with Crippen LogP contribution in [0.5, 0.6) is 17.2 Å². The van der Waals surface area contributed by atoms with Crippen molar-refractivity contribution >= 4 is 29.1 Å². The van der Waals surface area contributed by atoms with Crippen molar-refractivity contribution in [2.45, 2.75) is 46.4 Å². The lowest BCUT2D eigenvalue weighted by molar-refractivity contribution is -0.384. The third-order valence-corrected chi connectivity index (χ3v) is 8.08. The average Bonchev–Trinajstić information content (AvgIpc) is 3.33. The number of nitrogens with zero attached hydrogens (tertiary/aromatic N) is 3. The Morgan fingerprint density at radius 1 is 1.09 bits per heavy atom. The van der Waals surface area contributed by atoms with Gasteiger partial charge in [0.1, 0.15) is 18.4 Å². The van der Waals surface area contributed by atoms with Gasteiger partial charge in [0.05, 0.1) is 40.5 Å². The normalized spacial score (nSPS) is 14.5. The van der Waals surface area contributed by atoms with Gasteiger partial charge in [0.25, 0.3) is 11.2 Å². The van der Waals surface area contributed by atoms with E-state index in [0.717, 1.165) is 0 Å². The number of non-ortho nitro benzene ring substituents is 1. The number of rotatable bonds is 11. The number of hydrogen-bond donors (Lipinski definition) is 0. The number of nitro groups is 1. The van der Waals surface area contributed by atoms with Gasteiger partial charge in [-0.3, -0.25) is 19.5 Å². The predicted octanol–water partition coefficient (Wildman–Crippen LogP) is 5.08. The zero-order valence-electron chi connectivity index (χ0n) is 26.0. The van der Waals surface area contributed by atoms with Crippen LogP contribution in [0.15, 0.2) is 87.8 Å². The quantitative estimate of drug-likeness (QED) is 0.126. The van der Waals surface area contributed by atoms with E-state index in [0.29, 0.717) is 49.0 Å². The van der Waals surface area contributed by atoms with Gasteiger partial charge >= 0.3 is 5.97 Å². The topological polar surface area (TPSA) is 131 Å². The van der Waals surface area contributed by atoms with Crippen LogP contribution >= 0.6 is 11.3 Å². The van der Waals surface area contributed by atoms with Crippen LogP contribution in [0.3, 0.4) is 0 Å². The molecule has 238 valence electrons. The second-order valence-corrected chi connectivity index (χ2v) is 11.6. The minimum Gasteiger partial charge on any atom is -0.493 e. The summed E-state index contributed by atoms with van der Waals surface area (Å²) in [4.78, 5) is 43.1. The highest BCUT2D eigenvalue weighted by molar-refractivity contribution is 7.07. The number of nitro benzene ring substituents is 1. The fourth-order valence-corrected chi connectivity index (χ4v) is 6.17. The van der Waals surface area contributed by atoms with Gasteiger partial charge in [-0.25, -0.2) is 9.79 Å². The lowest BCUT2D eigenvalue weighted by Gasteiger charge is -2.26. The molecule has 2 heterocycles. The number of benzene rings is 3. The van der Waals surface area contributed by atoms with Crippen LogP contribution in [-0.4, -0.2) is 35.3 Å². The molecule has 0 bridgehead atoms. The maximum absolute atomic E-state index is 14.1. The Hall–Kier alpha value is -5.23. The molecule has 1 aliphatic rings. The van der Waals surface area contributed by atoms with Crippen molar-refractivity contribution in [3.8, 4) is 17.2 Å². The van der Waals surface area contributed by atoms with Crippen LogP contribution in [0.2, 0.25) is 0 Å². The van der Waals surface area contributed by atoms with Crippen LogP contribution in [0.25, 0.3) is 6.08 Å².